The average Bonchev–Trinajstić information content (AvgIpc) is 2.10. The molecule has 0 aromatic carbocycles. The van der Waals surface area contributed by atoms with Crippen molar-refractivity contribution in [2.75, 3.05) is 33.8 Å². The minimum atomic E-state index is -4.91. The van der Waals surface area contributed by atoms with E-state index in [4.69, 9.17) is 6.42 Å². The van der Waals surface area contributed by atoms with Gasteiger partial charge in [0.25, 0.3) is 0 Å². The van der Waals surface area contributed by atoms with Crippen molar-refractivity contribution in [3.8, 4) is 12.3 Å². The Morgan fingerprint density at radius 1 is 1.44 bits per heavy atom. The molecule has 3 nitrogen and oxygen atoms in total. The average molecular weight is 238 g/mol. The van der Waals surface area contributed by atoms with E-state index in [1.54, 1.807) is 0 Å². The first-order valence-corrected chi connectivity index (χ1v) is 4.68. The summed E-state index contributed by atoms with van der Waals surface area (Å²) in [4.78, 5) is 10.3. The molecule has 0 fully saturated rings. The van der Waals surface area contributed by atoms with Crippen LogP contribution in [0.2, 0.25) is 0 Å². The number of hydrogen-bond acceptors (Lipinski definition) is 2. The van der Waals surface area contributed by atoms with Crippen LogP contribution in [0.4, 0.5) is 13.2 Å². The fourth-order valence-corrected chi connectivity index (χ4v) is 1.07. The highest BCUT2D eigenvalue weighted by atomic mass is 19.4. The van der Waals surface area contributed by atoms with Crippen LogP contribution in [0.1, 0.15) is 6.42 Å². The van der Waals surface area contributed by atoms with Gasteiger partial charge in [-0.25, -0.2) is 4.79 Å². The van der Waals surface area contributed by atoms with Gasteiger partial charge in [0.1, 0.15) is 6.54 Å². The predicted molar refractivity (Wildman–Crippen MR) is 52.3 cm³/mol. The van der Waals surface area contributed by atoms with Gasteiger partial charge in [0.2, 0.25) is 0 Å². The summed E-state index contributed by atoms with van der Waals surface area (Å²) in [7, 11) is 3.71. The van der Waals surface area contributed by atoms with E-state index < -0.39 is 12.1 Å². The minimum Gasteiger partial charge on any atom is -0.459 e. The zero-order valence-electron chi connectivity index (χ0n) is 9.30. The molecule has 0 rings (SSSR count). The number of terminal acetylenes is 1. The van der Waals surface area contributed by atoms with E-state index >= 15 is 0 Å². The van der Waals surface area contributed by atoms with Crippen LogP contribution in [0.15, 0.2) is 0 Å². The maximum atomic E-state index is 11.7. The Hall–Kier alpha value is -1.22. The van der Waals surface area contributed by atoms with Crippen molar-refractivity contribution in [1.82, 2.24) is 0 Å². The molecule has 0 aromatic heterocycles. The Morgan fingerprint density at radius 3 is 2.44 bits per heavy atom. The van der Waals surface area contributed by atoms with Crippen molar-refractivity contribution in [1.29, 1.82) is 0 Å². The van der Waals surface area contributed by atoms with Crippen LogP contribution < -0.4 is 0 Å². The molecule has 0 saturated heterocycles. The molecule has 0 radical (unpaired) electrons. The lowest BCUT2D eigenvalue weighted by atomic mass is 10.3. The molecule has 0 saturated carbocycles. The number of ether oxygens (including phenoxy) is 1. The molecular formula is C10H15F3NO2+. The largest absolute Gasteiger partial charge is 0.490 e. The normalized spacial score (nSPS) is 12.0. The molecule has 0 aliphatic heterocycles. The van der Waals surface area contributed by atoms with Crippen LogP contribution >= 0.6 is 0 Å². The first-order valence-electron chi connectivity index (χ1n) is 4.68. The number of alkyl halides is 3. The van der Waals surface area contributed by atoms with Gasteiger partial charge in [0, 0.05) is 6.42 Å². The van der Waals surface area contributed by atoms with Gasteiger partial charge < -0.3 is 9.22 Å². The van der Waals surface area contributed by atoms with Gasteiger partial charge in [0.15, 0.2) is 0 Å². The second kappa shape index (κ2) is 5.75. The topological polar surface area (TPSA) is 26.3 Å². The molecule has 0 heterocycles. The first-order chi connectivity index (χ1) is 7.19. The number of carbonyl (C=O) groups excluding carboxylic acids is 1. The zero-order chi connectivity index (χ0) is 12.8. The van der Waals surface area contributed by atoms with Gasteiger partial charge in [0.05, 0.1) is 27.2 Å². The summed E-state index contributed by atoms with van der Waals surface area (Å²) in [6.45, 7) is 0.785. The fraction of sp³-hybridized carbons (Fsp3) is 0.700. The predicted octanol–water partition coefficient (Wildman–Crippen LogP) is 1.19. The maximum Gasteiger partial charge on any atom is 0.490 e. The first kappa shape index (κ1) is 14.8. The van der Waals surface area contributed by atoms with Crippen LogP contribution in [-0.2, 0) is 9.53 Å². The Balaban J connectivity index is 3.78. The van der Waals surface area contributed by atoms with E-state index in [0.717, 1.165) is 0 Å². The molecule has 6 heteroatoms. The van der Waals surface area contributed by atoms with Crippen molar-refractivity contribution in [3.63, 3.8) is 0 Å². The van der Waals surface area contributed by atoms with E-state index in [9.17, 15) is 18.0 Å². The maximum absolute atomic E-state index is 11.7. The lowest BCUT2D eigenvalue weighted by molar-refractivity contribution is -0.883. The third-order valence-corrected chi connectivity index (χ3v) is 1.89. The number of rotatable bonds is 5. The van der Waals surface area contributed by atoms with Crippen molar-refractivity contribution >= 4 is 5.97 Å². The second-order valence-electron chi connectivity index (χ2n) is 4.01. The van der Waals surface area contributed by atoms with Gasteiger partial charge in [-0.1, -0.05) is 0 Å². The summed E-state index contributed by atoms with van der Waals surface area (Å²) in [5.74, 6) is 0.323. The Morgan fingerprint density at radius 2 is 2.00 bits per heavy atom. The number of quaternary nitrogens is 1. The number of esters is 1. The molecule has 0 aromatic rings. The molecule has 92 valence electrons. The van der Waals surface area contributed by atoms with E-state index in [2.05, 4.69) is 10.7 Å². The summed E-state index contributed by atoms with van der Waals surface area (Å²) in [6.07, 6.45) is 0.555. The summed E-state index contributed by atoms with van der Waals surface area (Å²) in [5.41, 5.74) is 0. The minimum absolute atomic E-state index is 0.245. The fourth-order valence-electron chi connectivity index (χ4n) is 1.07. The number of hydrogen-bond donors (Lipinski definition) is 0. The summed E-state index contributed by atoms with van der Waals surface area (Å²) < 4.78 is 39.7. The molecule has 0 atom stereocenters. The van der Waals surface area contributed by atoms with Crippen molar-refractivity contribution < 1.29 is 27.2 Å². The van der Waals surface area contributed by atoms with Gasteiger partial charge >= 0.3 is 12.1 Å². The van der Waals surface area contributed by atoms with Crippen molar-refractivity contribution in [2.24, 2.45) is 0 Å². The highest BCUT2D eigenvalue weighted by Gasteiger charge is 2.40. The lowest BCUT2D eigenvalue weighted by Crippen LogP contribution is -2.41. The van der Waals surface area contributed by atoms with Gasteiger partial charge in [-0.2, -0.15) is 13.2 Å². The van der Waals surface area contributed by atoms with E-state index in [1.807, 2.05) is 14.1 Å². The Bertz CT molecular complexity index is 279. The quantitative estimate of drug-likeness (QED) is 0.311. The zero-order valence-corrected chi connectivity index (χ0v) is 9.30. The SMILES string of the molecule is C#CC[N+](C)(C)CCCOC(=O)C(F)(F)F. The highest BCUT2D eigenvalue weighted by Crippen LogP contribution is 2.16. The van der Waals surface area contributed by atoms with E-state index in [0.29, 0.717) is 24.0 Å². The van der Waals surface area contributed by atoms with Crippen LogP contribution in [0.3, 0.4) is 0 Å². The molecule has 0 spiro atoms. The summed E-state index contributed by atoms with van der Waals surface area (Å²) >= 11 is 0. The smallest absolute Gasteiger partial charge is 0.459 e. The van der Waals surface area contributed by atoms with Crippen LogP contribution in [0.25, 0.3) is 0 Å². The highest BCUT2D eigenvalue weighted by molar-refractivity contribution is 5.75. The molecule has 0 aliphatic rings. The van der Waals surface area contributed by atoms with E-state index in [-0.39, 0.29) is 6.61 Å². The molecule has 0 unspecified atom stereocenters. The summed E-state index contributed by atoms with van der Waals surface area (Å²) in [5, 5.41) is 0. The van der Waals surface area contributed by atoms with Gasteiger partial charge in [-0.05, 0) is 5.92 Å². The molecule has 0 N–H and O–H groups in total. The molecular weight excluding hydrogens is 223 g/mol. The van der Waals surface area contributed by atoms with Gasteiger partial charge in [-0.3, -0.25) is 0 Å². The number of carbonyl (C=O) groups is 1. The lowest BCUT2D eigenvalue weighted by Gasteiger charge is -2.27. The van der Waals surface area contributed by atoms with Gasteiger partial charge in [-0.15, -0.1) is 6.42 Å². The monoisotopic (exact) mass is 238 g/mol. The Labute approximate surface area is 92.8 Å². The van der Waals surface area contributed by atoms with Crippen LogP contribution in [0.5, 0.6) is 0 Å². The van der Waals surface area contributed by atoms with Crippen molar-refractivity contribution in [2.45, 2.75) is 12.6 Å². The molecule has 0 amide bonds. The number of nitrogens with zero attached hydrogens (tertiary/aromatic N) is 1. The van der Waals surface area contributed by atoms with Crippen LogP contribution in [-0.4, -0.2) is 50.4 Å². The second-order valence-corrected chi connectivity index (χ2v) is 4.01. The Kier molecular flexibility index (Phi) is 5.31. The van der Waals surface area contributed by atoms with E-state index in [1.165, 1.54) is 0 Å². The standard InChI is InChI=1S/C10H15F3NO2/c1-4-6-14(2,3)7-5-8-16-9(15)10(11,12)13/h1H,5-8H2,2-3H3/q+1. The molecule has 0 bridgehead atoms. The summed E-state index contributed by atoms with van der Waals surface area (Å²) in [6, 6.07) is 0. The number of halogens is 3. The molecule has 16 heavy (non-hydrogen) atoms. The molecule has 0 aliphatic carbocycles. The van der Waals surface area contributed by atoms with Crippen molar-refractivity contribution in [3.05, 3.63) is 0 Å². The van der Waals surface area contributed by atoms with Crippen LogP contribution in [0, 0.1) is 12.3 Å². The third kappa shape index (κ3) is 6.30. The third-order valence-electron chi connectivity index (χ3n) is 1.89.